The summed E-state index contributed by atoms with van der Waals surface area (Å²) < 4.78 is 5.42. The molecule has 1 amide bonds. The molecule has 138 valence electrons. The van der Waals surface area contributed by atoms with E-state index in [9.17, 15) is 9.90 Å². The lowest BCUT2D eigenvalue weighted by molar-refractivity contribution is -0.117. The highest BCUT2D eigenvalue weighted by atomic mass is 16.3. The van der Waals surface area contributed by atoms with Crippen LogP contribution in [0.25, 0.3) is 6.08 Å². The maximum absolute atomic E-state index is 12.0. The summed E-state index contributed by atoms with van der Waals surface area (Å²) in [7, 11) is 0. The Hall–Kier alpha value is -1.59. The van der Waals surface area contributed by atoms with Crippen LogP contribution in [-0.2, 0) is 4.79 Å². The standard InChI is InChI=1S/C20H30N2O3/c1-16-5-6-18(25-16)7-8-19(23)21-17-9-13-22(14-10-17)15-20(24)11-3-2-4-12-20/h5-8,17,24H,2-4,9-15H2,1H3,(H,21,23)/b8-7+. The molecule has 0 bridgehead atoms. The van der Waals surface area contributed by atoms with E-state index >= 15 is 0 Å². The monoisotopic (exact) mass is 346 g/mol. The average Bonchev–Trinajstić information content (AvgIpc) is 3.01. The van der Waals surface area contributed by atoms with E-state index in [0.29, 0.717) is 5.76 Å². The number of aryl methyl sites for hydroxylation is 1. The number of rotatable bonds is 5. The van der Waals surface area contributed by atoms with Gasteiger partial charge in [0.1, 0.15) is 11.5 Å². The lowest BCUT2D eigenvalue weighted by atomic mass is 9.84. The van der Waals surface area contributed by atoms with Crippen molar-refractivity contribution in [3.8, 4) is 0 Å². The van der Waals surface area contributed by atoms with Crippen LogP contribution in [-0.4, -0.2) is 47.2 Å². The van der Waals surface area contributed by atoms with Gasteiger partial charge in [0.05, 0.1) is 5.60 Å². The van der Waals surface area contributed by atoms with E-state index in [1.54, 1.807) is 6.08 Å². The molecular weight excluding hydrogens is 316 g/mol. The molecule has 0 spiro atoms. The number of β-amino-alcohol motifs (C(OH)–C–C–N with tert-alkyl or cyclic N) is 1. The van der Waals surface area contributed by atoms with Gasteiger partial charge in [0.15, 0.2) is 0 Å². The summed E-state index contributed by atoms with van der Waals surface area (Å²) in [5.41, 5.74) is -0.488. The van der Waals surface area contributed by atoms with E-state index in [1.807, 2.05) is 19.1 Å². The SMILES string of the molecule is Cc1ccc(/C=C/C(=O)NC2CCN(CC3(O)CCCCC3)CC2)o1. The van der Waals surface area contributed by atoms with E-state index in [1.165, 1.54) is 12.5 Å². The van der Waals surface area contributed by atoms with Crippen LogP contribution in [0, 0.1) is 6.92 Å². The van der Waals surface area contributed by atoms with Gasteiger partial charge in [0.2, 0.25) is 5.91 Å². The average molecular weight is 346 g/mol. The molecule has 1 aliphatic heterocycles. The van der Waals surface area contributed by atoms with Crippen molar-refractivity contribution in [3.05, 3.63) is 29.7 Å². The van der Waals surface area contributed by atoms with E-state index in [4.69, 9.17) is 4.42 Å². The Morgan fingerprint density at radius 3 is 2.68 bits per heavy atom. The van der Waals surface area contributed by atoms with Gasteiger partial charge in [-0.1, -0.05) is 19.3 Å². The molecule has 2 N–H and O–H groups in total. The molecule has 5 nitrogen and oxygen atoms in total. The first-order valence-electron chi connectivity index (χ1n) is 9.52. The molecule has 0 aromatic carbocycles. The van der Waals surface area contributed by atoms with Crippen LogP contribution in [0.5, 0.6) is 0 Å². The summed E-state index contributed by atoms with van der Waals surface area (Å²) in [6.07, 6.45) is 10.5. The minimum Gasteiger partial charge on any atom is -0.462 e. The van der Waals surface area contributed by atoms with Gasteiger partial charge in [-0.05, 0) is 50.8 Å². The van der Waals surface area contributed by atoms with Crippen LogP contribution < -0.4 is 5.32 Å². The second-order valence-corrected chi connectivity index (χ2v) is 7.63. The van der Waals surface area contributed by atoms with Crippen LogP contribution in [0.15, 0.2) is 22.6 Å². The van der Waals surface area contributed by atoms with Crippen molar-refractivity contribution in [3.63, 3.8) is 0 Å². The molecule has 1 aromatic heterocycles. The summed E-state index contributed by atoms with van der Waals surface area (Å²) in [5, 5.41) is 13.8. The van der Waals surface area contributed by atoms with Gasteiger partial charge in [-0.3, -0.25) is 4.79 Å². The molecule has 2 aliphatic rings. The third-order valence-corrected chi connectivity index (χ3v) is 5.40. The fraction of sp³-hybridized carbons (Fsp3) is 0.650. The first-order chi connectivity index (χ1) is 12.0. The Bertz CT molecular complexity index is 594. The highest BCUT2D eigenvalue weighted by Gasteiger charge is 2.32. The van der Waals surface area contributed by atoms with Gasteiger partial charge in [-0.25, -0.2) is 0 Å². The lowest BCUT2D eigenvalue weighted by Gasteiger charge is -2.40. The van der Waals surface area contributed by atoms with E-state index < -0.39 is 5.60 Å². The molecule has 1 aliphatic carbocycles. The first-order valence-corrected chi connectivity index (χ1v) is 9.52. The summed E-state index contributed by atoms with van der Waals surface area (Å²) in [6, 6.07) is 3.95. The minimum atomic E-state index is -0.488. The molecule has 1 saturated carbocycles. The molecule has 0 unspecified atom stereocenters. The van der Waals surface area contributed by atoms with Crippen molar-refractivity contribution < 1.29 is 14.3 Å². The van der Waals surface area contributed by atoms with Crippen molar-refractivity contribution in [2.45, 2.75) is 63.5 Å². The van der Waals surface area contributed by atoms with Gasteiger partial charge in [-0.15, -0.1) is 0 Å². The minimum absolute atomic E-state index is 0.0709. The summed E-state index contributed by atoms with van der Waals surface area (Å²) in [5.74, 6) is 1.47. The number of aliphatic hydroxyl groups is 1. The number of amides is 1. The Balaban J connectivity index is 1.40. The topological polar surface area (TPSA) is 65.7 Å². The van der Waals surface area contributed by atoms with Gasteiger partial charge < -0.3 is 19.7 Å². The third-order valence-electron chi connectivity index (χ3n) is 5.40. The van der Waals surface area contributed by atoms with E-state index in [0.717, 1.165) is 63.9 Å². The Morgan fingerprint density at radius 2 is 2.04 bits per heavy atom. The quantitative estimate of drug-likeness (QED) is 0.805. The van der Waals surface area contributed by atoms with Gasteiger partial charge >= 0.3 is 0 Å². The van der Waals surface area contributed by atoms with Gasteiger partial charge in [0, 0.05) is 31.8 Å². The lowest BCUT2D eigenvalue weighted by Crippen LogP contribution is -2.50. The predicted octanol–water partition coefficient (Wildman–Crippen LogP) is 2.88. The highest BCUT2D eigenvalue weighted by Crippen LogP contribution is 2.29. The number of furan rings is 1. The zero-order valence-electron chi connectivity index (χ0n) is 15.2. The Kier molecular flexibility index (Phi) is 5.97. The summed E-state index contributed by atoms with van der Waals surface area (Å²) >= 11 is 0. The fourth-order valence-electron chi connectivity index (χ4n) is 3.97. The Morgan fingerprint density at radius 1 is 1.32 bits per heavy atom. The molecule has 0 radical (unpaired) electrons. The molecule has 1 saturated heterocycles. The van der Waals surface area contributed by atoms with Crippen molar-refractivity contribution in [2.75, 3.05) is 19.6 Å². The number of likely N-dealkylation sites (tertiary alicyclic amines) is 1. The molecular formula is C20H30N2O3. The van der Waals surface area contributed by atoms with Crippen molar-refractivity contribution >= 4 is 12.0 Å². The number of hydrogen-bond donors (Lipinski definition) is 2. The second-order valence-electron chi connectivity index (χ2n) is 7.63. The molecule has 1 aromatic rings. The zero-order chi connectivity index (χ0) is 17.7. The largest absolute Gasteiger partial charge is 0.462 e. The third kappa shape index (κ3) is 5.44. The number of nitrogens with zero attached hydrogens (tertiary/aromatic N) is 1. The Labute approximate surface area is 150 Å². The summed E-state index contributed by atoms with van der Waals surface area (Å²) in [6.45, 7) is 4.54. The number of carbonyl (C=O) groups excluding carboxylic acids is 1. The molecule has 25 heavy (non-hydrogen) atoms. The van der Waals surface area contributed by atoms with Crippen LogP contribution >= 0.6 is 0 Å². The van der Waals surface area contributed by atoms with Crippen molar-refractivity contribution in [1.82, 2.24) is 10.2 Å². The maximum atomic E-state index is 12.0. The summed E-state index contributed by atoms with van der Waals surface area (Å²) in [4.78, 5) is 14.4. The van der Waals surface area contributed by atoms with E-state index in [-0.39, 0.29) is 11.9 Å². The molecule has 5 heteroatoms. The highest BCUT2D eigenvalue weighted by molar-refractivity contribution is 5.91. The number of nitrogens with one attached hydrogen (secondary N) is 1. The number of hydrogen-bond acceptors (Lipinski definition) is 4. The predicted molar refractivity (Wildman–Crippen MR) is 98.1 cm³/mol. The maximum Gasteiger partial charge on any atom is 0.244 e. The normalized spacial score (nSPS) is 22.3. The van der Waals surface area contributed by atoms with Gasteiger partial charge in [0.25, 0.3) is 0 Å². The van der Waals surface area contributed by atoms with Crippen molar-refractivity contribution in [2.24, 2.45) is 0 Å². The zero-order valence-corrected chi connectivity index (χ0v) is 15.2. The fourth-order valence-corrected chi connectivity index (χ4v) is 3.97. The first kappa shape index (κ1) is 18.2. The number of carbonyl (C=O) groups is 1. The second kappa shape index (κ2) is 8.19. The smallest absolute Gasteiger partial charge is 0.244 e. The van der Waals surface area contributed by atoms with Crippen LogP contribution in [0.1, 0.15) is 56.5 Å². The molecule has 0 atom stereocenters. The van der Waals surface area contributed by atoms with Crippen LogP contribution in [0.4, 0.5) is 0 Å². The van der Waals surface area contributed by atoms with Crippen LogP contribution in [0.3, 0.4) is 0 Å². The number of piperidine rings is 1. The molecule has 3 rings (SSSR count). The van der Waals surface area contributed by atoms with Gasteiger partial charge in [-0.2, -0.15) is 0 Å². The van der Waals surface area contributed by atoms with Crippen molar-refractivity contribution in [1.29, 1.82) is 0 Å². The van der Waals surface area contributed by atoms with E-state index in [2.05, 4.69) is 10.2 Å². The molecule has 2 fully saturated rings. The van der Waals surface area contributed by atoms with Crippen LogP contribution in [0.2, 0.25) is 0 Å². The molecule has 2 heterocycles.